The van der Waals surface area contributed by atoms with Crippen LogP contribution in [0.5, 0.6) is 0 Å². The minimum absolute atomic E-state index is 0.155. The topological polar surface area (TPSA) is 68.6 Å². The van der Waals surface area contributed by atoms with Crippen molar-refractivity contribution in [3.8, 4) is 0 Å². The van der Waals surface area contributed by atoms with Gasteiger partial charge in [0.15, 0.2) is 18.2 Å². The van der Waals surface area contributed by atoms with Gasteiger partial charge in [-0.1, -0.05) is 42.5 Å². The van der Waals surface area contributed by atoms with Crippen LogP contribution in [-0.4, -0.2) is 22.4 Å². The molecule has 0 radical (unpaired) electrons. The second-order valence-electron chi connectivity index (χ2n) is 6.91. The lowest BCUT2D eigenvalue weighted by molar-refractivity contribution is -0.378. The molecule has 1 fully saturated rings. The molecule has 0 bridgehead atoms. The Bertz CT molecular complexity index is 1050. The molecule has 0 spiro atoms. The van der Waals surface area contributed by atoms with Crippen molar-refractivity contribution in [2.45, 2.75) is 12.6 Å². The van der Waals surface area contributed by atoms with Gasteiger partial charge in [0.25, 0.3) is 5.91 Å². The van der Waals surface area contributed by atoms with Crippen LogP contribution < -0.4 is 4.98 Å². The van der Waals surface area contributed by atoms with E-state index in [1.54, 1.807) is 48.8 Å². The standard InChI is InChI=1S/C23H17FN2O3/c24-18-10-8-16(9-11-18)20-19(21(27)17-6-2-1-3-7-17)22(28)23(29)26(20)14-15-5-4-12-25-13-15/h1-13,19-20H,14H2/p+1. The number of likely N-dealkylation sites (tertiary alicyclic amines) is 1. The molecule has 1 N–H and O–H groups in total. The van der Waals surface area contributed by atoms with Crippen molar-refractivity contribution in [1.82, 2.24) is 4.90 Å². The SMILES string of the molecule is O=C1C(=O)N(Cc2ccc[nH+]c2)C(c2ccc(F)cc2)C1C(=O)c1ccccc1. The van der Waals surface area contributed by atoms with Crippen molar-refractivity contribution >= 4 is 17.5 Å². The normalized spacial score (nSPS) is 18.9. The molecule has 1 saturated heterocycles. The summed E-state index contributed by atoms with van der Waals surface area (Å²) in [5.41, 5.74) is 1.69. The van der Waals surface area contributed by atoms with E-state index in [4.69, 9.17) is 0 Å². The highest BCUT2D eigenvalue weighted by Gasteiger charge is 2.51. The van der Waals surface area contributed by atoms with Crippen LogP contribution in [0.25, 0.3) is 0 Å². The molecule has 2 heterocycles. The molecule has 2 aromatic carbocycles. The molecule has 6 heteroatoms. The Hall–Kier alpha value is -3.67. The van der Waals surface area contributed by atoms with Gasteiger partial charge in [-0.2, -0.15) is 0 Å². The van der Waals surface area contributed by atoms with Gasteiger partial charge in [0.2, 0.25) is 5.78 Å². The molecular formula is C23H18FN2O3+. The Morgan fingerprint density at radius 2 is 1.69 bits per heavy atom. The summed E-state index contributed by atoms with van der Waals surface area (Å²) in [6.07, 6.45) is 3.46. The van der Waals surface area contributed by atoms with E-state index in [-0.39, 0.29) is 6.54 Å². The van der Waals surface area contributed by atoms with Crippen LogP contribution in [0.1, 0.15) is 27.5 Å². The number of amides is 1. The van der Waals surface area contributed by atoms with E-state index in [2.05, 4.69) is 4.98 Å². The van der Waals surface area contributed by atoms with Crippen molar-refractivity contribution in [2.24, 2.45) is 5.92 Å². The zero-order chi connectivity index (χ0) is 20.4. The second-order valence-corrected chi connectivity index (χ2v) is 6.91. The lowest BCUT2D eigenvalue weighted by atomic mass is 9.86. The number of H-pyrrole nitrogens is 1. The molecule has 0 saturated carbocycles. The summed E-state index contributed by atoms with van der Waals surface area (Å²) in [5.74, 6) is -3.48. The zero-order valence-electron chi connectivity index (χ0n) is 15.4. The fourth-order valence-corrected chi connectivity index (χ4v) is 3.70. The van der Waals surface area contributed by atoms with E-state index in [0.717, 1.165) is 5.56 Å². The summed E-state index contributed by atoms with van der Waals surface area (Å²) in [6.45, 7) is 0.155. The van der Waals surface area contributed by atoms with Crippen LogP contribution in [0.3, 0.4) is 0 Å². The number of ketones is 2. The summed E-state index contributed by atoms with van der Waals surface area (Å²) < 4.78 is 13.5. The minimum atomic E-state index is -1.18. The van der Waals surface area contributed by atoms with Crippen LogP contribution in [0.2, 0.25) is 0 Å². The first-order chi connectivity index (χ1) is 14.1. The molecule has 0 aliphatic carbocycles. The Labute approximate surface area is 166 Å². The van der Waals surface area contributed by atoms with E-state index in [9.17, 15) is 18.8 Å². The van der Waals surface area contributed by atoms with Gasteiger partial charge in [-0.15, -0.1) is 0 Å². The highest BCUT2D eigenvalue weighted by atomic mass is 19.1. The van der Waals surface area contributed by atoms with Crippen LogP contribution in [0, 0.1) is 11.7 Å². The fourth-order valence-electron chi connectivity index (χ4n) is 3.70. The van der Waals surface area contributed by atoms with Gasteiger partial charge in [0.05, 0.1) is 12.6 Å². The van der Waals surface area contributed by atoms with E-state index < -0.39 is 35.3 Å². The molecule has 1 aliphatic heterocycles. The number of aromatic amines is 1. The molecule has 1 amide bonds. The van der Waals surface area contributed by atoms with Crippen molar-refractivity contribution in [3.05, 3.63) is 102 Å². The van der Waals surface area contributed by atoms with Crippen molar-refractivity contribution in [2.75, 3.05) is 0 Å². The first kappa shape index (κ1) is 18.7. The highest BCUT2D eigenvalue weighted by Crippen LogP contribution is 2.39. The number of aromatic nitrogens is 1. The van der Waals surface area contributed by atoms with Gasteiger partial charge >= 0.3 is 0 Å². The fraction of sp³-hybridized carbons (Fsp3) is 0.130. The van der Waals surface area contributed by atoms with Gasteiger partial charge in [-0.25, -0.2) is 9.37 Å². The van der Waals surface area contributed by atoms with E-state index in [1.807, 2.05) is 6.07 Å². The summed E-state index contributed by atoms with van der Waals surface area (Å²) in [4.78, 5) is 43.2. The number of rotatable bonds is 5. The highest BCUT2D eigenvalue weighted by molar-refractivity contribution is 6.44. The predicted molar refractivity (Wildman–Crippen MR) is 102 cm³/mol. The molecule has 4 rings (SSSR count). The number of pyridine rings is 1. The molecule has 29 heavy (non-hydrogen) atoms. The molecule has 1 aliphatic rings. The van der Waals surface area contributed by atoms with Crippen LogP contribution in [0.15, 0.2) is 79.1 Å². The third kappa shape index (κ3) is 3.57. The number of hydrogen-bond acceptors (Lipinski definition) is 3. The molecular weight excluding hydrogens is 371 g/mol. The number of nitrogens with one attached hydrogen (secondary N) is 1. The van der Waals surface area contributed by atoms with E-state index >= 15 is 0 Å². The van der Waals surface area contributed by atoms with Crippen LogP contribution >= 0.6 is 0 Å². The quantitative estimate of drug-likeness (QED) is 0.383. The number of hydrogen-bond donors (Lipinski definition) is 0. The summed E-state index contributed by atoms with van der Waals surface area (Å²) >= 11 is 0. The van der Waals surface area contributed by atoms with Crippen molar-refractivity contribution in [1.29, 1.82) is 0 Å². The minimum Gasteiger partial charge on any atom is -0.323 e. The molecule has 3 aromatic rings. The maximum Gasteiger partial charge on any atom is 0.291 e. The third-order valence-electron chi connectivity index (χ3n) is 5.08. The van der Waals surface area contributed by atoms with Gasteiger partial charge < -0.3 is 4.90 Å². The molecule has 1 aromatic heterocycles. The molecule has 2 atom stereocenters. The monoisotopic (exact) mass is 389 g/mol. The number of Topliss-reactive ketones (excluding diaryl/α,β-unsaturated/α-hetero) is 2. The van der Waals surface area contributed by atoms with Gasteiger partial charge in [0, 0.05) is 17.2 Å². The van der Waals surface area contributed by atoms with Gasteiger partial charge in [0.1, 0.15) is 11.7 Å². The first-order valence-electron chi connectivity index (χ1n) is 9.21. The Morgan fingerprint density at radius 3 is 2.34 bits per heavy atom. The Kier molecular flexibility index (Phi) is 4.99. The second kappa shape index (κ2) is 7.75. The predicted octanol–water partition coefficient (Wildman–Crippen LogP) is 2.79. The zero-order valence-corrected chi connectivity index (χ0v) is 15.4. The van der Waals surface area contributed by atoms with Crippen LogP contribution in [0.4, 0.5) is 4.39 Å². The number of nitrogens with zero attached hydrogens (tertiary/aromatic N) is 1. The third-order valence-corrected chi connectivity index (χ3v) is 5.08. The summed E-state index contributed by atoms with van der Waals surface area (Å²) in [6, 6.07) is 16.8. The smallest absolute Gasteiger partial charge is 0.291 e. The van der Waals surface area contributed by atoms with Gasteiger partial charge in [-0.3, -0.25) is 14.4 Å². The average Bonchev–Trinajstić information content (AvgIpc) is 3.00. The Balaban J connectivity index is 1.78. The summed E-state index contributed by atoms with van der Waals surface area (Å²) in [5, 5.41) is 0. The largest absolute Gasteiger partial charge is 0.323 e. The molecule has 5 nitrogen and oxygen atoms in total. The van der Waals surface area contributed by atoms with Crippen LogP contribution in [-0.2, 0) is 16.1 Å². The summed E-state index contributed by atoms with van der Waals surface area (Å²) in [7, 11) is 0. The van der Waals surface area contributed by atoms with Gasteiger partial charge in [-0.05, 0) is 23.8 Å². The van der Waals surface area contributed by atoms with E-state index in [1.165, 1.54) is 29.2 Å². The van der Waals surface area contributed by atoms with Crippen molar-refractivity contribution < 1.29 is 23.8 Å². The number of carbonyl (C=O) groups excluding carboxylic acids is 3. The Morgan fingerprint density at radius 1 is 0.966 bits per heavy atom. The average molecular weight is 389 g/mol. The first-order valence-corrected chi connectivity index (χ1v) is 9.21. The maximum atomic E-state index is 13.5. The lowest BCUT2D eigenvalue weighted by Gasteiger charge is -2.27. The number of benzene rings is 2. The number of halogens is 1. The lowest BCUT2D eigenvalue weighted by Crippen LogP contribution is -2.30. The molecule has 144 valence electrons. The van der Waals surface area contributed by atoms with E-state index in [0.29, 0.717) is 11.1 Å². The molecule has 2 unspecified atom stereocenters. The number of carbonyl (C=O) groups is 3. The van der Waals surface area contributed by atoms with Crippen molar-refractivity contribution in [3.63, 3.8) is 0 Å². The maximum absolute atomic E-state index is 13.5.